The summed E-state index contributed by atoms with van der Waals surface area (Å²) in [4.78, 5) is 14.1. The molecule has 106 valence electrons. The minimum atomic E-state index is -0.185. The van der Waals surface area contributed by atoms with Gasteiger partial charge in [0, 0.05) is 25.3 Å². The lowest BCUT2D eigenvalue weighted by Gasteiger charge is -2.19. The number of hydrogen-bond donors (Lipinski definition) is 2. The Morgan fingerprint density at radius 2 is 2.05 bits per heavy atom. The van der Waals surface area contributed by atoms with Crippen molar-refractivity contribution in [2.24, 2.45) is 5.92 Å². The highest BCUT2D eigenvalue weighted by Crippen LogP contribution is 2.14. The summed E-state index contributed by atoms with van der Waals surface area (Å²) in [6, 6.07) is 7.26. The van der Waals surface area contributed by atoms with E-state index in [2.05, 4.69) is 19.2 Å². The first-order valence-electron chi connectivity index (χ1n) is 6.63. The molecule has 2 N–H and O–H groups in total. The Bertz CT molecular complexity index is 416. The normalized spacial score (nSPS) is 12.3. The molecule has 1 rings (SSSR count). The van der Waals surface area contributed by atoms with Gasteiger partial charge in [0.1, 0.15) is 0 Å². The van der Waals surface area contributed by atoms with Crippen LogP contribution in [0.25, 0.3) is 0 Å². The average Bonchev–Trinajstić information content (AvgIpc) is 2.37. The molecule has 0 saturated carbocycles. The predicted molar refractivity (Wildman–Crippen MR) is 78.6 cm³/mol. The van der Waals surface area contributed by atoms with E-state index in [1.54, 1.807) is 6.07 Å². The third kappa shape index (κ3) is 4.91. The first-order valence-corrected chi connectivity index (χ1v) is 6.63. The molecule has 0 saturated heterocycles. The topological polar surface area (TPSA) is 52.6 Å². The van der Waals surface area contributed by atoms with E-state index in [1.165, 1.54) is 0 Å². The van der Waals surface area contributed by atoms with Crippen molar-refractivity contribution >= 4 is 11.6 Å². The van der Waals surface area contributed by atoms with Crippen LogP contribution in [0.2, 0.25) is 0 Å². The van der Waals surface area contributed by atoms with Crippen LogP contribution in [-0.4, -0.2) is 37.8 Å². The lowest BCUT2D eigenvalue weighted by atomic mass is 10.0. The maximum absolute atomic E-state index is 12.1. The smallest absolute Gasteiger partial charge is 0.251 e. The molecule has 0 radical (unpaired) electrons. The summed E-state index contributed by atoms with van der Waals surface area (Å²) < 4.78 is 0. The molecule has 0 bridgehead atoms. The van der Waals surface area contributed by atoms with E-state index in [9.17, 15) is 9.90 Å². The van der Waals surface area contributed by atoms with Crippen LogP contribution in [0, 0.1) is 5.92 Å². The van der Waals surface area contributed by atoms with E-state index in [0.29, 0.717) is 11.5 Å². The quantitative estimate of drug-likeness (QED) is 0.825. The second-order valence-electron chi connectivity index (χ2n) is 5.43. The highest BCUT2D eigenvalue weighted by molar-refractivity contribution is 5.95. The molecule has 0 heterocycles. The number of nitrogens with zero attached hydrogens (tertiary/aromatic N) is 1. The molecule has 0 spiro atoms. The highest BCUT2D eigenvalue weighted by atomic mass is 16.3. The van der Waals surface area contributed by atoms with E-state index in [4.69, 9.17) is 0 Å². The Morgan fingerprint density at radius 1 is 1.37 bits per heavy atom. The summed E-state index contributed by atoms with van der Waals surface area (Å²) in [5.74, 6) is 0.300. The fourth-order valence-electron chi connectivity index (χ4n) is 1.94. The Labute approximate surface area is 115 Å². The Morgan fingerprint density at radius 3 is 2.58 bits per heavy atom. The molecule has 0 aromatic heterocycles. The molecule has 1 unspecified atom stereocenters. The van der Waals surface area contributed by atoms with Gasteiger partial charge in [-0.2, -0.15) is 0 Å². The Hall–Kier alpha value is -1.55. The van der Waals surface area contributed by atoms with Gasteiger partial charge in [0.15, 0.2) is 0 Å². The van der Waals surface area contributed by atoms with Gasteiger partial charge in [-0.15, -0.1) is 0 Å². The summed E-state index contributed by atoms with van der Waals surface area (Å²) in [7, 11) is 3.87. The summed E-state index contributed by atoms with van der Waals surface area (Å²) in [5.41, 5.74) is 1.60. The van der Waals surface area contributed by atoms with Crippen molar-refractivity contribution in [2.45, 2.75) is 26.3 Å². The number of carbonyl (C=O) groups excluding carboxylic acids is 1. The van der Waals surface area contributed by atoms with Gasteiger partial charge in [-0.3, -0.25) is 4.79 Å². The van der Waals surface area contributed by atoms with Crippen LogP contribution in [0.1, 0.15) is 30.6 Å². The van der Waals surface area contributed by atoms with E-state index < -0.39 is 0 Å². The zero-order chi connectivity index (χ0) is 14.4. The maximum Gasteiger partial charge on any atom is 0.251 e. The number of nitrogens with one attached hydrogen (secondary N) is 1. The number of benzene rings is 1. The number of hydrogen-bond acceptors (Lipinski definition) is 3. The van der Waals surface area contributed by atoms with Crippen molar-refractivity contribution in [3.05, 3.63) is 29.8 Å². The second kappa shape index (κ2) is 7.14. The molecule has 1 aromatic carbocycles. The lowest BCUT2D eigenvalue weighted by Crippen LogP contribution is -2.38. The van der Waals surface area contributed by atoms with Crippen molar-refractivity contribution in [1.82, 2.24) is 5.32 Å². The van der Waals surface area contributed by atoms with Crippen LogP contribution >= 0.6 is 0 Å². The molecule has 19 heavy (non-hydrogen) atoms. The van der Waals surface area contributed by atoms with Gasteiger partial charge in [-0.1, -0.05) is 19.9 Å². The van der Waals surface area contributed by atoms with E-state index in [0.717, 1.165) is 12.1 Å². The molecule has 0 aliphatic carbocycles. The molecule has 0 aliphatic heterocycles. The zero-order valence-corrected chi connectivity index (χ0v) is 12.2. The van der Waals surface area contributed by atoms with Gasteiger partial charge < -0.3 is 15.3 Å². The molecule has 0 aliphatic rings. The standard InChI is InChI=1S/C15H24N2O2/c1-11(2)8-13(10-18)16-15(19)12-6-5-7-14(9-12)17(3)4/h5-7,9,11,13,18H,8,10H2,1-4H3,(H,16,19). The lowest BCUT2D eigenvalue weighted by molar-refractivity contribution is 0.0908. The van der Waals surface area contributed by atoms with E-state index in [1.807, 2.05) is 37.2 Å². The molecule has 4 nitrogen and oxygen atoms in total. The Kier molecular flexibility index (Phi) is 5.83. The largest absolute Gasteiger partial charge is 0.394 e. The molecule has 0 fully saturated rings. The first-order chi connectivity index (χ1) is 8.93. The van der Waals surface area contributed by atoms with E-state index in [-0.39, 0.29) is 18.6 Å². The fourth-order valence-corrected chi connectivity index (χ4v) is 1.94. The van der Waals surface area contributed by atoms with Crippen LogP contribution in [0.5, 0.6) is 0 Å². The predicted octanol–water partition coefficient (Wildman–Crippen LogP) is 1.89. The van der Waals surface area contributed by atoms with Crippen molar-refractivity contribution in [2.75, 3.05) is 25.6 Å². The summed E-state index contributed by atoms with van der Waals surface area (Å²) in [5, 5.41) is 12.2. The number of aliphatic hydroxyl groups excluding tert-OH is 1. The number of rotatable bonds is 6. The van der Waals surface area contributed by atoms with Gasteiger partial charge in [0.25, 0.3) is 5.91 Å². The number of anilines is 1. The van der Waals surface area contributed by atoms with Crippen molar-refractivity contribution in [3.63, 3.8) is 0 Å². The number of amides is 1. The first kappa shape index (κ1) is 15.5. The third-order valence-electron chi connectivity index (χ3n) is 2.94. The van der Waals surface area contributed by atoms with Crippen LogP contribution in [0.3, 0.4) is 0 Å². The summed E-state index contributed by atoms with van der Waals surface area (Å²) >= 11 is 0. The van der Waals surface area contributed by atoms with Gasteiger partial charge in [-0.05, 0) is 30.5 Å². The van der Waals surface area contributed by atoms with Crippen LogP contribution < -0.4 is 10.2 Å². The molecule has 1 amide bonds. The third-order valence-corrected chi connectivity index (χ3v) is 2.94. The molecule has 1 aromatic rings. The number of aliphatic hydroxyl groups is 1. The molecular weight excluding hydrogens is 240 g/mol. The average molecular weight is 264 g/mol. The summed E-state index contributed by atoms with van der Waals surface area (Å²) in [6.07, 6.45) is 0.773. The van der Waals surface area contributed by atoms with Crippen molar-refractivity contribution in [1.29, 1.82) is 0 Å². The second-order valence-corrected chi connectivity index (χ2v) is 5.43. The van der Waals surface area contributed by atoms with Crippen molar-refractivity contribution in [3.8, 4) is 0 Å². The van der Waals surface area contributed by atoms with Gasteiger partial charge in [-0.25, -0.2) is 0 Å². The SMILES string of the molecule is CC(C)CC(CO)NC(=O)c1cccc(N(C)C)c1. The minimum absolute atomic E-state index is 0.0305. The maximum atomic E-state index is 12.1. The molecule has 4 heteroatoms. The van der Waals surface area contributed by atoms with Gasteiger partial charge >= 0.3 is 0 Å². The Balaban J connectivity index is 2.74. The van der Waals surface area contributed by atoms with Gasteiger partial charge in [0.2, 0.25) is 0 Å². The zero-order valence-electron chi connectivity index (χ0n) is 12.2. The van der Waals surface area contributed by atoms with Crippen LogP contribution in [0.4, 0.5) is 5.69 Å². The van der Waals surface area contributed by atoms with E-state index >= 15 is 0 Å². The molecule has 1 atom stereocenters. The van der Waals surface area contributed by atoms with Crippen molar-refractivity contribution < 1.29 is 9.90 Å². The molecular formula is C15H24N2O2. The number of carbonyl (C=O) groups is 1. The van der Waals surface area contributed by atoms with Crippen LogP contribution in [-0.2, 0) is 0 Å². The monoisotopic (exact) mass is 264 g/mol. The highest BCUT2D eigenvalue weighted by Gasteiger charge is 2.14. The summed E-state index contributed by atoms with van der Waals surface area (Å²) in [6.45, 7) is 4.11. The van der Waals surface area contributed by atoms with Gasteiger partial charge in [0.05, 0.1) is 12.6 Å². The fraction of sp³-hybridized carbons (Fsp3) is 0.533. The minimum Gasteiger partial charge on any atom is -0.394 e. The van der Waals surface area contributed by atoms with Crippen LogP contribution in [0.15, 0.2) is 24.3 Å².